The van der Waals surface area contributed by atoms with Gasteiger partial charge in [0.25, 0.3) is 0 Å². The molecule has 1 N–H and O–H groups in total. The van der Waals surface area contributed by atoms with Gasteiger partial charge in [-0.05, 0) is 49.8 Å². The second-order valence-electron chi connectivity index (χ2n) is 6.06. The lowest BCUT2D eigenvalue weighted by molar-refractivity contribution is 0.171. The molecular weight excluding hydrogens is 282 g/mol. The monoisotopic (exact) mass is 307 g/mol. The fourth-order valence-corrected chi connectivity index (χ4v) is 3.82. The molecule has 0 radical (unpaired) electrons. The van der Waals surface area contributed by atoms with Gasteiger partial charge in [0.15, 0.2) is 11.5 Å². The molecule has 1 aliphatic heterocycles. The Kier molecular flexibility index (Phi) is 5.31. The van der Waals surface area contributed by atoms with Crippen molar-refractivity contribution in [2.45, 2.75) is 43.5 Å². The molecule has 4 heteroatoms. The lowest BCUT2D eigenvalue weighted by Gasteiger charge is -2.27. The standard InChI is InChI=1S/C17H25NO2S/c1-13-2-4-14(5-3-13)18-8-11-21-15-6-7-16-17(12-15)20-10-9-19-16/h6-7,12-14,18H,2-5,8-11H2,1H3. The Morgan fingerprint density at radius 3 is 2.67 bits per heavy atom. The van der Waals surface area contributed by atoms with Crippen LogP contribution in [0.5, 0.6) is 11.5 Å². The number of fused-ring (bicyclic) bond motifs is 1. The van der Waals surface area contributed by atoms with Crippen molar-refractivity contribution in [3.63, 3.8) is 0 Å². The van der Waals surface area contributed by atoms with E-state index < -0.39 is 0 Å². The topological polar surface area (TPSA) is 30.5 Å². The summed E-state index contributed by atoms with van der Waals surface area (Å²) < 4.78 is 11.2. The minimum Gasteiger partial charge on any atom is -0.486 e. The molecule has 0 saturated heterocycles. The number of nitrogens with one attached hydrogen (secondary N) is 1. The summed E-state index contributed by atoms with van der Waals surface area (Å²) in [5, 5.41) is 3.70. The number of hydrogen-bond donors (Lipinski definition) is 1. The van der Waals surface area contributed by atoms with Gasteiger partial charge in [0.05, 0.1) is 0 Å². The van der Waals surface area contributed by atoms with Crippen LogP contribution in [0.2, 0.25) is 0 Å². The highest BCUT2D eigenvalue weighted by molar-refractivity contribution is 7.99. The van der Waals surface area contributed by atoms with Crippen molar-refractivity contribution < 1.29 is 9.47 Å². The molecule has 2 aliphatic rings. The van der Waals surface area contributed by atoms with Crippen molar-refractivity contribution in [1.29, 1.82) is 0 Å². The van der Waals surface area contributed by atoms with Gasteiger partial charge in [0, 0.05) is 23.2 Å². The van der Waals surface area contributed by atoms with Gasteiger partial charge in [-0.3, -0.25) is 0 Å². The van der Waals surface area contributed by atoms with Gasteiger partial charge in [0.2, 0.25) is 0 Å². The summed E-state index contributed by atoms with van der Waals surface area (Å²) in [4.78, 5) is 1.26. The Labute approximate surface area is 131 Å². The van der Waals surface area contributed by atoms with E-state index in [0.717, 1.165) is 35.8 Å². The highest BCUT2D eigenvalue weighted by Gasteiger charge is 2.17. The van der Waals surface area contributed by atoms with E-state index in [2.05, 4.69) is 24.4 Å². The number of ether oxygens (including phenoxy) is 2. The fourth-order valence-electron chi connectivity index (χ4n) is 3.01. The van der Waals surface area contributed by atoms with E-state index in [-0.39, 0.29) is 0 Å². The zero-order valence-corrected chi connectivity index (χ0v) is 13.6. The van der Waals surface area contributed by atoms with Crippen molar-refractivity contribution in [2.24, 2.45) is 5.92 Å². The van der Waals surface area contributed by atoms with Gasteiger partial charge < -0.3 is 14.8 Å². The van der Waals surface area contributed by atoms with E-state index in [1.165, 1.54) is 30.6 Å². The van der Waals surface area contributed by atoms with Crippen molar-refractivity contribution in [3.05, 3.63) is 18.2 Å². The summed E-state index contributed by atoms with van der Waals surface area (Å²) in [7, 11) is 0. The first-order chi connectivity index (χ1) is 10.3. The third-order valence-corrected chi connectivity index (χ3v) is 5.33. The van der Waals surface area contributed by atoms with E-state index in [0.29, 0.717) is 13.2 Å². The Bertz CT molecular complexity index is 458. The summed E-state index contributed by atoms with van der Waals surface area (Å²) in [6.07, 6.45) is 5.45. The highest BCUT2D eigenvalue weighted by atomic mass is 32.2. The molecule has 0 spiro atoms. The van der Waals surface area contributed by atoms with Gasteiger partial charge in [-0.15, -0.1) is 11.8 Å². The molecule has 1 saturated carbocycles. The predicted molar refractivity (Wildman–Crippen MR) is 87.6 cm³/mol. The second-order valence-corrected chi connectivity index (χ2v) is 7.23. The van der Waals surface area contributed by atoms with Gasteiger partial charge in [-0.25, -0.2) is 0 Å². The van der Waals surface area contributed by atoms with Crippen LogP contribution in [0.3, 0.4) is 0 Å². The normalized spacial score (nSPS) is 24.8. The van der Waals surface area contributed by atoms with Crippen LogP contribution in [0.15, 0.2) is 23.1 Å². The first kappa shape index (κ1) is 15.0. The third kappa shape index (κ3) is 4.30. The first-order valence-electron chi connectivity index (χ1n) is 8.07. The van der Waals surface area contributed by atoms with Gasteiger partial charge >= 0.3 is 0 Å². The van der Waals surface area contributed by atoms with Gasteiger partial charge in [0.1, 0.15) is 13.2 Å². The SMILES string of the molecule is CC1CCC(NCCSc2ccc3c(c2)OCCO3)CC1. The van der Waals surface area contributed by atoms with Crippen LogP contribution in [-0.2, 0) is 0 Å². The average Bonchev–Trinajstić information content (AvgIpc) is 2.53. The van der Waals surface area contributed by atoms with Crippen LogP contribution in [0.25, 0.3) is 0 Å². The molecule has 1 aliphatic carbocycles. The zero-order chi connectivity index (χ0) is 14.5. The zero-order valence-electron chi connectivity index (χ0n) is 12.8. The van der Waals surface area contributed by atoms with Gasteiger partial charge in [-0.1, -0.05) is 6.92 Å². The summed E-state index contributed by atoms with van der Waals surface area (Å²) in [6, 6.07) is 6.98. The largest absolute Gasteiger partial charge is 0.486 e. The predicted octanol–water partition coefficient (Wildman–Crippen LogP) is 3.72. The highest BCUT2D eigenvalue weighted by Crippen LogP contribution is 2.34. The van der Waals surface area contributed by atoms with Crippen LogP contribution in [0.4, 0.5) is 0 Å². The molecule has 116 valence electrons. The molecule has 1 heterocycles. The molecule has 1 aromatic carbocycles. The van der Waals surface area contributed by atoms with Crippen LogP contribution >= 0.6 is 11.8 Å². The summed E-state index contributed by atoms with van der Waals surface area (Å²) in [6.45, 7) is 4.76. The lowest BCUT2D eigenvalue weighted by Crippen LogP contribution is -2.34. The Morgan fingerprint density at radius 1 is 1.10 bits per heavy atom. The number of thioether (sulfide) groups is 1. The van der Waals surface area contributed by atoms with E-state index in [1.807, 2.05) is 17.8 Å². The smallest absolute Gasteiger partial charge is 0.162 e. The Hall–Kier alpha value is -0.870. The maximum Gasteiger partial charge on any atom is 0.162 e. The second kappa shape index (κ2) is 7.41. The lowest BCUT2D eigenvalue weighted by atomic mass is 9.87. The average molecular weight is 307 g/mol. The minimum absolute atomic E-state index is 0.656. The summed E-state index contributed by atoms with van der Waals surface area (Å²) in [5.41, 5.74) is 0. The van der Waals surface area contributed by atoms with Crippen LogP contribution in [0, 0.1) is 5.92 Å². The maximum absolute atomic E-state index is 5.62. The van der Waals surface area contributed by atoms with Crippen LogP contribution in [-0.4, -0.2) is 31.6 Å². The molecule has 3 nitrogen and oxygen atoms in total. The number of hydrogen-bond acceptors (Lipinski definition) is 4. The molecule has 0 amide bonds. The molecule has 0 aromatic heterocycles. The quantitative estimate of drug-likeness (QED) is 0.663. The molecule has 1 aromatic rings. The molecule has 1 fully saturated rings. The maximum atomic E-state index is 5.62. The van der Waals surface area contributed by atoms with E-state index in [4.69, 9.17) is 9.47 Å². The molecule has 0 atom stereocenters. The summed E-state index contributed by atoms with van der Waals surface area (Å²) in [5.74, 6) is 3.79. The van der Waals surface area contributed by atoms with E-state index in [1.54, 1.807) is 0 Å². The molecule has 0 bridgehead atoms. The molecular formula is C17H25NO2S. The van der Waals surface area contributed by atoms with Crippen molar-refractivity contribution in [2.75, 3.05) is 25.5 Å². The Balaban J connectivity index is 1.39. The van der Waals surface area contributed by atoms with Crippen molar-refractivity contribution in [1.82, 2.24) is 5.32 Å². The minimum atomic E-state index is 0.656. The van der Waals surface area contributed by atoms with E-state index >= 15 is 0 Å². The van der Waals surface area contributed by atoms with Crippen molar-refractivity contribution >= 4 is 11.8 Å². The van der Waals surface area contributed by atoms with Crippen LogP contribution in [0.1, 0.15) is 32.6 Å². The Morgan fingerprint density at radius 2 is 1.86 bits per heavy atom. The molecule has 0 unspecified atom stereocenters. The molecule has 3 rings (SSSR count). The fraction of sp³-hybridized carbons (Fsp3) is 0.647. The van der Waals surface area contributed by atoms with Crippen molar-refractivity contribution in [3.8, 4) is 11.5 Å². The number of rotatable bonds is 5. The third-order valence-electron chi connectivity index (χ3n) is 4.33. The van der Waals surface area contributed by atoms with Gasteiger partial charge in [-0.2, -0.15) is 0 Å². The number of benzene rings is 1. The summed E-state index contributed by atoms with van der Waals surface area (Å²) >= 11 is 1.88. The van der Waals surface area contributed by atoms with E-state index in [9.17, 15) is 0 Å². The first-order valence-corrected chi connectivity index (χ1v) is 9.05. The van der Waals surface area contributed by atoms with Crippen LogP contribution < -0.4 is 14.8 Å². The molecule has 21 heavy (non-hydrogen) atoms.